The Morgan fingerprint density at radius 2 is 1.95 bits per heavy atom. The highest BCUT2D eigenvalue weighted by atomic mass is 19.1. The lowest BCUT2D eigenvalue weighted by Crippen LogP contribution is -2.25. The van der Waals surface area contributed by atoms with Crippen molar-refractivity contribution in [3.8, 4) is 6.07 Å². The number of nitrogens with one attached hydrogen (secondary N) is 1. The van der Waals surface area contributed by atoms with Crippen molar-refractivity contribution in [1.29, 1.82) is 5.26 Å². The molecule has 2 nitrogen and oxygen atoms in total. The summed E-state index contributed by atoms with van der Waals surface area (Å²) < 4.78 is 13.8. The summed E-state index contributed by atoms with van der Waals surface area (Å²) in [5.41, 5.74) is 3.21. The number of rotatable bonds is 2. The van der Waals surface area contributed by atoms with Crippen molar-refractivity contribution in [2.24, 2.45) is 5.41 Å². The van der Waals surface area contributed by atoms with Crippen molar-refractivity contribution in [3.05, 3.63) is 65.0 Å². The van der Waals surface area contributed by atoms with E-state index in [1.807, 2.05) is 18.2 Å². The minimum Gasteiger partial charge on any atom is -0.377 e. The van der Waals surface area contributed by atoms with Gasteiger partial charge in [-0.15, -0.1) is 0 Å². The van der Waals surface area contributed by atoms with E-state index in [0.29, 0.717) is 5.69 Å². The predicted octanol–water partition coefficient (Wildman–Crippen LogP) is 4.43. The van der Waals surface area contributed by atoms with Gasteiger partial charge in [0.15, 0.2) is 0 Å². The van der Waals surface area contributed by atoms with Crippen LogP contribution in [0.4, 0.5) is 10.1 Å². The van der Waals surface area contributed by atoms with Gasteiger partial charge in [-0.2, -0.15) is 5.26 Å². The van der Waals surface area contributed by atoms with Crippen LogP contribution in [0.5, 0.6) is 0 Å². The lowest BCUT2D eigenvalue weighted by Gasteiger charge is -2.29. The molecular formula is C18H17FN2. The SMILES string of the molecule is CC1(C)Cc2ccccc2C1Nc1cccc(F)c1C#N. The molecule has 21 heavy (non-hydrogen) atoms. The maximum Gasteiger partial charge on any atom is 0.143 e. The maximum atomic E-state index is 13.8. The Hall–Kier alpha value is -2.34. The largest absolute Gasteiger partial charge is 0.377 e. The molecule has 3 rings (SSSR count). The van der Waals surface area contributed by atoms with E-state index in [-0.39, 0.29) is 17.0 Å². The average molecular weight is 280 g/mol. The number of nitrogens with zero attached hydrogens (tertiary/aromatic N) is 1. The maximum absolute atomic E-state index is 13.8. The third kappa shape index (κ3) is 2.27. The first-order valence-corrected chi connectivity index (χ1v) is 7.06. The summed E-state index contributed by atoms with van der Waals surface area (Å²) in [5, 5.41) is 12.6. The number of nitriles is 1. The Morgan fingerprint density at radius 1 is 1.19 bits per heavy atom. The Morgan fingerprint density at radius 3 is 2.71 bits per heavy atom. The average Bonchev–Trinajstić information content (AvgIpc) is 2.70. The molecule has 0 spiro atoms. The van der Waals surface area contributed by atoms with Gasteiger partial charge in [0.2, 0.25) is 0 Å². The fraction of sp³-hybridized carbons (Fsp3) is 0.278. The number of anilines is 1. The van der Waals surface area contributed by atoms with Crippen LogP contribution in [-0.4, -0.2) is 0 Å². The van der Waals surface area contributed by atoms with Gasteiger partial charge >= 0.3 is 0 Å². The molecular weight excluding hydrogens is 263 g/mol. The number of benzene rings is 2. The molecule has 0 heterocycles. The summed E-state index contributed by atoms with van der Waals surface area (Å²) >= 11 is 0. The molecule has 1 N–H and O–H groups in total. The van der Waals surface area contributed by atoms with E-state index in [2.05, 4.69) is 31.3 Å². The lowest BCUT2D eigenvalue weighted by atomic mass is 9.85. The number of hydrogen-bond donors (Lipinski definition) is 1. The molecule has 1 unspecified atom stereocenters. The Labute approximate surface area is 124 Å². The number of hydrogen-bond acceptors (Lipinski definition) is 2. The summed E-state index contributed by atoms with van der Waals surface area (Å²) in [6.45, 7) is 4.38. The van der Waals surface area contributed by atoms with Gasteiger partial charge in [0.05, 0.1) is 11.7 Å². The van der Waals surface area contributed by atoms with Gasteiger partial charge in [-0.25, -0.2) is 4.39 Å². The molecule has 1 aliphatic carbocycles. The van der Waals surface area contributed by atoms with Crippen LogP contribution in [0.3, 0.4) is 0 Å². The second kappa shape index (κ2) is 4.89. The minimum absolute atomic E-state index is 0.0166. The molecule has 0 aromatic heterocycles. The van der Waals surface area contributed by atoms with Crippen LogP contribution < -0.4 is 5.32 Å². The van der Waals surface area contributed by atoms with Gasteiger partial charge in [0.25, 0.3) is 0 Å². The Bertz CT molecular complexity index is 728. The summed E-state index contributed by atoms with van der Waals surface area (Å²) in [4.78, 5) is 0. The zero-order chi connectivity index (χ0) is 15.0. The summed E-state index contributed by atoms with van der Waals surface area (Å²) in [5.74, 6) is -0.480. The third-order valence-electron chi connectivity index (χ3n) is 4.22. The molecule has 0 aliphatic heterocycles. The van der Waals surface area contributed by atoms with E-state index in [1.165, 1.54) is 17.2 Å². The minimum atomic E-state index is -0.480. The molecule has 0 saturated carbocycles. The smallest absolute Gasteiger partial charge is 0.143 e. The fourth-order valence-corrected chi connectivity index (χ4v) is 3.18. The molecule has 0 saturated heterocycles. The first-order chi connectivity index (χ1) is 10.0. The van der Waals surface area contributed by atoms with Crippen molar-refractivity contribution >= 4 is 5.69 Å². The van der Waals surface area contributed by atoms with Crippen LogP contribution in [0.25, 0.3) is 0 Å². The van der Waals surface area contributed by atoms with E-state index in [0.717, 1.165) is 6.42 Å². The van der Waals surface area contributed by atoms with Crippen molar-refractivity contribution in [3.63, 3.8) is 0 Å². The lowest BCUT2D eigenvalue weighted by molar-refractivity contribution is 0.337. The van der Waals surface area contributed by atoms with E-state index >= 15 is 0 Å². The predicted molar refractivity (Wildman–Crippen MR) is 81.4 cm³/mol. The van der Waals surface area contributed by atoms with Gasteiger partial charge in [-0.1, -0.05) is 44.2 Å². The standard InChI is InChI=1S/C18H17FN2/c1-18(2)10-12-6-3-4-7-13(12)17(18)21-16-9-5-8-15(19)14(16)11-20/h3-9,17,21H,10H2,1-2H3. The van der Waals surface area contributed by atoms with E-state index in [1.54, 1.807) is 12.1 Å². The molecule has 1 aliphatic rings. The van der Waals surface area contributed by atoms with E-state index in [9.17, 15) is 4.39 Å². The molecule has 106 valence electrons. The molecule has 0 amide bonds. The monoisotopic (exact) mass is 280 g/mol. The van der Waals surface area contributed by atoms with Crippen LogP contribution in [-0.2, 0) is 6.42 Å². The second-order valence-electron chi connectivity index (χ2n) is 6.22. The second-order valence-corrected chi connectivity index (χ2v) is 6.22. The first-order valence-electron chi connectivity index (χ1n) is 7.06. The van der Waals surface area contributed by atoms with Crippen LogP contribution >= 0.6 is 0 Å². The molecule has 2 aromatic rings. The van der Waals surface area contributed by atoms with Gasteiger partial charge in [-0.3, -0.25) is 0 Å². The van der Waals surface area contributed by atoms with Crippen LogP contribution in [0, 0.1) is 22.6 Å². The topological polar surface area (TPSA) is 35.8 Å². The van der Waals surface area contributed by atoms with Crippen LogP contribution in [0.2, 0.25) is 0 Å². The van der Waals surface area contributed by atoms with Crippen molar-refractivity contribution < 1.29 is 4.39 Å². The van der Waals surface area contributed by atoms with Crippen LogP contribution in [0.15, 0.2) is 42.5 Å². The highest BCUT2D eigenvalue weighted by Crippen LogP contribution is 2.47. The molecule has 3 heteroatoms. The zero-order valence-corrected chi connectivity index (χ0v) is 12.2. The molecule has 0 bridgehead atoms. The third-order valence-corrected chi connectivity index (χ3v) is 4.22. The summed E-state index contributed by atoms with van der Waals surface area (Å²) in [6, 6.07) is 15.0. The molecule has 0 radical (unpaired) electrons. The van der Waals surface area contributed by atoms with Gasteiger partial charge in [0.1, 0.15) is 17.4 Å². The van der Waals surface area contributed by atoms with Crippen molar-refractivity contribution in [1.82, 2.24) is 0 Å². The normalized spacial score (nSPS) is 18.9. The zero-order valence-electron chi connectivity index (χ0n) is 12.2. The highest BCUT2D eigenvalue weighted by Gasteiger charge is 2.38. The first kappa shape index (κ1) is 13.6. The Kier molecular flexibility index (Phi) is 3.17. The number of fused-ring (bicyclic) bond motifs is 1. The molecule has 0 fully saturated rings. The van der Waals surface area contributed by atoms with Crippen LogP contribution in [0.1, 0.15) is 36.6 Å². The summed E-state index contributed by atoms with van der Waals surface area (Å²) in [7, 11) is 0. The molecule has 2 aromatic carbocycles. The number of halogens is 1. The van der Waals surface area contributed by atoms with E-state index in [4.69, 9.17) is 5.26 Å². The van der Waals surface area contributed by atoms with Gasteiger partial charge in [-0.05, 0) is 35.1 Å². The molecule has 1 atom stereocenters. The van der Waals surface area contributed by atoms with Crippen molar-refractivity contribution in [2.75, 3.05) is 5.32 Å². The highest BCUT2D eigenvalue weighted by molar-refractivity contribution is 5.60. The quantitative estimate of drug-likeness (QED) is 0.883. The summed E-state index contributed by atoms with van der Waals surface area (Å²) in [6.07, 6.45) is 0.970. The van der Waals surface area contributed by atoms with E-state index < -0.39 is 5.82 Å². The van der Waals surface area contributed by atoms with Crippen molar-refractivity contribution in [2.45, 2.75) is 26.3 Å². The fourth-order valence-electron chi connectivity index (χ4n) is 3.18. The van der Waals surface area contributed by atoms with Gasteiger partial charge < -0.3 is 5.32 Å². The van der Waals surface area contributed by atoms with Gasteiger partial charge in [0, 0.05) is 0 Å². The Balaban J connectivity index is 2.02.